The Morgan fingerprint density at radius 2 is 1.39 bits per heavy atom. The van der Waals surface area contributed by atoms with E-state index < -0.39 is 6.04 Å². The van der Waals surface area contributed by atoms with E-state index in [0.717, 1.165) is 36.8 Å². The summed E-state index contributed by atoms with van der Waals surface area (Å²) in [6, 6.07) is 24.3. The summed E-state index contributed by atoms with van der Waals surface area (Å²) in [7, 11) is 0. The molecule has 6 heteroatoms. The number of benzene rings is 3. The lowest BCUT2D eigenvalue weighted by molar-refractivity contribution is -0.141. The zero-order valence-corrected chi connectivity index (χ0v) is 21.8. The van der Waals surface area contributed by atoms with Gasteiger partial charge in [0.1, 0.15) is 6.04 Å². The highest BCUT2D eigenvalue weighted by Crippen LogP contribution is 2.26. The van der Waals surface area contributed by atoms with Gasteiger partial charge in [0.25, 0.3) is 0 Å². The highest BCUT2D eigenvalue weighted by Gasteiger charge is 2.32. The standard InChI is InChI=1S/C30H32Cl2N2O2/c31-26-17-10-18-27(32)25(26)20-29(35)34(21-23-13-6-2-7-14-23)28(19-22-11-4-1-5-12-22)30(36)33-24-15-8-3-9-16-24/h1-2,4-7,10-14,17-18,24,28H,3,8-9,15-16,19-21H2,(H,33,36)/t28-/m1/s1. The molecule has 3 aromatic rings. The summed E-state index contributed by atoms with van der Waals surface area (Å²) in [5.41, 5.74) is 2.54. The summed E-state index contributed by atoms with van der Waals surface area (Å²) in [6.45, 7) is 0.317. The summed E-state index contributed by atoms with van der Waals surface area (Å²) in [4.78, 5) is 29.4. The van der Waals surface area contributed by atoms with Gasteiger partial charge in [-0.15, -0.1) is 0 Å². The molecule has 0 heterocycles. The Bertz CT molecular complexity index is 1130. The third-order valence-corrected chi connectivity index (χ3v) is 7.52. The molecule has 2 amide bonds. The molecular weight excluding hydrogens is 491 g/mol. The van der Waals surface area contributed by atoms with Crippen LogP contribution in [-0.2, 0) is 29.0 Å². The molecule has 0 aliphatic heterocycles. The molecule has 1 atom stereocenters. The maximum absolute atomic E-state index is 13.9. The van der Waals surface area contributed by atoms with Gasteiger partial charge in [0.05, 0.1) is 6.42 Å². The molecule has 3 aromatic carbocycles. The summed E-state index contributed by atoms with van der Waals surface area (Å²) in [6.07, 6.45) is 5.84. The van der Waals surface area contributed by atoms with Crippen molar-refractivity contribution in [1.82, 2.24) is 10.2 Å². The van der Waals surface area contributed by atoms with Gasteiger partial charge in [-0.25, -0.2) is 0 Å². The second-order valence-corrected chi connectivity index (χ2v) is 10.2. The lowest BCUT2D eigenvalue weighted by Gasteiger charge is -2.33. The lowest BCUT2D eigenvalue weighted by Crippen LogP contribution is -2.53. The van der Waals surface area contributed by atoms with Crippen molar-refractivity contribution in [2.75, 3.05) is 0 Å². The van der Waals surface area contributed by atoms with Crippen LogP contribution in [0.25, 0.3) is 0 Å². The van der Waals surface area contributed by atoms with E-state index in [0.29, 0.717) is 28.6 Å². The number of rotatable bonds is 9. The zero-order chi connectivity index (χ0) is 25.3. The van der Waals surface area contributed by atoms with Gasteiger partial charge in [-0.3, -0.25) is 9.59 Å². The van der Waals surface area contributed by atoms with Crippen molar-refractivity contribution >= 4 is 35.0 Å². The van der Waals surface area contributed by atoms with Crippen molar-refractivity contribution in [3.63, 3.8) is 0 Å². The Balaban J connectivity index is 1.66. The fourth-order valence-corrected chi connectivity index (χ4v) is 5.36. The van der Waals surface area contributed by atoms with Crippen LogP contribution in [0.5, 0.6) is 0 Å². The number of halogens is 2. The van der Waals surface area contributed by atoms with Crippen LogP contribution in [0.15, 0.2) is 78.9 Å². The van der Waals surface area contributed by atoms with E-state index >= 15 is 0 Å². The minimum atomic E-state index is -0.664. The van der Waals surface area contributed by atoms with Crippen molar-refractivity contribution < 1.29 is 9.59 Å². The van der Waals surface area contributed by atoms with E-state index in [4.69, 9.17) is 23.2 Å². The monoisotopic (exact) mass is 522 g/mol. The summed E-state index contributed by atoms with van der Waals surface area (Å²) >= 11 is 12.8. The zero-order valence-electron chi connectivity index (χ0n) is 20.3. The van der Waals surface area contributed by atoms with Crippen LogP contribution in [0.4, 0.5) is 0 Å². The molecule has 0 unspecified atom stereocenters. The smallest absolute Gasteiger partial charge is 0.243 e. The van der Waals surface area contributed by atoms with Gasteiger partial charge in [0.2, 0.25) is 11.8 Å². The van der Waals surface area contributed by atoms with Crippen LogP contribution in [0.2, 0.25) is 10.0 Å². The third kappa shape index (κ3) is 7.11. The number of hydrogen-bond acceptors (Lipinski definition) is 2. The maximum atomic E-state index is 13.9. The molecule has 0 saturated heterocycles. The Labute approximate surface area is 223 Å². The topological polar surface area (TPSA) is 49.4 Å². The molecule has 1 aliphatic carbocycles. The first kappa shape index (κ1) is 26.2. The Morgan fingerprint density at radius 1 is 0.806 bits per heavy atom. The van der Waals surface area contributed by atoms with Crippen LogP contribution in [0.3, 0.4) is 0 Å². The maximum Gasteiger partial charge on any atom is 0.243 e. The number of carbonyl (C=O) groups is 2. The largest absolute Gasteiger partial charge is 0.352 e. The first-order valence-corrected chi connectivity index (χ1v) is 13.4. The number of hydrogen-bond donors (Lipinski definition) is 1. The molecule has 188 valence electrons. The normalized spacial score (nSPS) is 14.7. The Morgan fingerprint density at radius 3 is 2.00 bits per heavy atom. The van der Waals surface area contributed by atoms with Gasteiger partial charge < -0.3 is 10.2 Å². The summed E-state index contributed by atoms with van der Waals surface area (Å²) < 4.78 is 0. The van der Waals surface area contributed by atoms with Crippen molar-refractivity contribution in [2.24, 2.45) is 0 Å². The van der Waals surface area contributed by atoms with Crippen LogP contribution in [-0.4, -0.2) is 28.8 Å². The Kier molecular flexibility index (Phi) is 9.43. The Hall–Kier alpha value is -2.82. The molecule has 1 aliphatic rings. The van der Waals surface area contributed by atoms with Crippen molar-refractivity contribution in [3.05, 3.63) is 106 Å². The average molecular weight is 524 g/mol. The fraction of sp³-hybridized carbons (Fsp3) is 0.333. The molecule has 36 heavy (non-hydrogen) atoms. The lowest BCUT2D eigenvalue weighted by atomic mass is 9.94. The molecule has 1 fully saturated rings. The van der Waals surface area contributed by atoms with E-state index in [1.807, 2.05) is 60.7 Å². The van der Waals surface area contributed by atoms with Gasteiger partial charge in [0.15, 0.2) is 0 Å². The number of amides is 2. The first-order valence-electron chi connectivity index (χ1n) is 12.6. The van der Waals surface area contributed by atoms with E-state index in [2.05, 4.69) is 5.32 Å². The minimum Gasteiger partial charge on any atom is -0.352 e. The van der Waals surface area contributed by atoms with Crippen molar-refractivity contribution in [3.8, 4) is 0 Å². The predicted molar refractivity (Wildman–Crippen MR) is 146 cm³/mol. The van der Waals surface area contributed by atoms with Gasteiger partial charge in [-0.2, -0.15) is 0 Å². The fourth-order valence-electron chi connectivity index (χ4n) is 4.83. The van der Waals surface area contributed by atoms with Crippen LogP contribution in [0, 0.1) is 0 Å². The molecule has 0 bridgehead atoms. The molecule has 1 saturated carbocycles. The first-order chi connectivity index (χ1) is 17.5. The van der Waals surface area contributed by atoms with E-state index in [9.17, 15) is 9.59 Å². The second-order valence-electron chi connectivity index (χ2n) is 9.43. The highest BCUT2D eigenvalue weighted by molar-refractivity contribution is 6.36. The molecule has 4 rings (SSSR count). The molecular formula is C30H32Cl2N2O2. The molecule has 4 nitrogen and oxygen atoms in total. The molecule has 1 N–H and O–H groups in total. The van der Waals surface area contributed by atoms with E-state index in [1.165, 1.54) is 6.42 Å². The number of nitrogens with zero attached hydrogens (tertiary/aromatic N) is 1. The van der Waals surface area contributed by atoms with Crippen molar-refractivity contribution in [2.45, 2.75) is 63.6 Å². The quantitative estimate of drug-likeness (QED) is 0.343. The van der Waals surface area contributed by atoms with Gasteiger partial charge >= 0.3 is 0 Å². The summed E-state index contributed by atoms with van der Waals surface area (Å²) in [5, 5.41) is 4.15. The van der Waals surface area contributed by atoms with Crippen molar-refractivity contribution in [1.29, 1.82) is 0 Å². The highest BCUT2D eigenvalue weighted by atomic mass is 35.5. The van der Waals surface area contributed by atoms with E-state index in [-0.39, 0.29) is 24.3 Å². The van der Waals surface area contributed by atoms with Crippen LogP contribution < -0.4 is 5.32 Å². The minimum absolute atomic E-state index is 0.0212. The van der Waals surface area contributed by atoms with Crippen LogP contribution in [0.1, 0.15) is 48.8 Å². The SMILES string of the molecule is O=C(NC1CCCCC1)[C@@H](Cc1ccccc1)N(Cc1ccccc1)C(=O)Cc1c(Cl)cccc1Cl. The second kappa shape index (κ2) is 12.9. The van der Waals surface area contributed by atoms with Gasteiger partial charge in [-0.05, 0) is 41.7 Å². The molecule has 0 aromatic heterocycles. The van der Waals surface area contributed by atoms with E-state index in [1.54, 1.807) is 23.1 Å². The van der Waals surface area contributed by atoms with Gasteiger partial charge in [-0.1, -0.05) is 109 Å². The average Bonchev–Trinajstić information content (AvgIpc) is 2.90. The van der Waals surface area contributed by atoms with Gasteiger partial charge in [0, 0.05) is 29.1 Å². The predicted octanol–water partition coefficient (Wildman–Crippen LogP) is 6.62. The third-order valence-electron chi connectivity index (χ3n) is 6.81. The number of carbonyl (C=O) groups excluding carboxylic acids is 2. The molecule has 0 radical (unpaired) electrons. The van der Waals surface area contributed by atoms with Crippen LogP contribution >= 0.6 is 23.2 Å². The number of nitrogens with one attached hydrogen (secondary N) is 1. The summed E-state index contributed by atoms with van der Waals surface area (Å²) in [5.74, 6) is -0.297. The molecule has 0 spiro atoms.